The average Bonchev–Trinajstić information content (AvgIpc) is 2.68. The summed E-state index contributed by atoms with van der Waals surface area (Å²) in [5.41, 5.74) is 0.965. The van der Waals surface area contributed by atoms with E-state index in [1.54, 1.807) is 6.92 Å². The molecule has 0 spiro atoms. The van der Waals surface area contributed by atoms with Crippen molar-refractivity contribution in [1.29, 1.82) is 0 Å². The van der Waals surface area contributed by atoms with Crippen molar-refractivity contribution in [3.8, 4) is 5.88 Å². The number of morpholine rings is 1. The van der Waals surface area contributed by atoms with Crippen LogP contribution in [-0.4, -0.2) is 92.2 Å². The first-order valence-electron chi connectivity index (χ1n) is 9.74. The molecule has 9 heteroatoms. The molecule has 0 aliphatic carbocycles. The maximum absolute atomic E-state index is 11.4. The van der Waals surface area contributed by atoms with Crippen molar-refractivity contribution in [2.24, 2.45) is 0 Å². The number of aromatic nitrogens is 1. The van der Waals surface area contributed by atoms with Crippen LogP contribution in [0.4, 0.5) is 11.5 Å². The second kappa shape index (κ2) is 9.70. The molecular weight excluding hydrogens is 362 g/mol. The SMILES string of the molecule is CC(=O)Nc1cc(N2CCOCC2)cc(OCCN2CCN(C(C)=O)CC2)n1. The van der Waals surface area contributed by atoms with Gasteiger partial charge in [-0.25, -0.2) is 0 Å². The highest BCUT2D eigenvalue weighted by atomic mass is 16.5. The van der Waals surface area contributed by atoms with Gasteiger partial charge >= 0.3 is 0 Å². The van der Waals surface area contributed by atoms with Gasteiger partial charge in [0.15, 0.2) is 0 Å². The van der Waals surface area contributed by atoms with Gasteiger partial charge in [-0.15, -0.1) is 0 Å². The highest BCUT2D eigenvalue weighted by Gasteiger charge is 2.19. The van der Waals surface area contributed by atoms with Crippen molar-refractivity contribution in [2.45, 2.75) is 13.8 Å². The fourth-order valence-electron chi connectivity index (χ4n) is 3.38. The number of hydrogen-bond acceptors (Lipinski definition) is 7. The summed E-state index contributed by atoms with van der Waals surface area (Å²) in [5, 5.41) is 2.74. The standard InChI is InChI=1S/C19H29N5O4/c1-15(25)20-18-13-17(24-8-10-27-11-9-24)14-19(21-18)28-12-7-22-3-5-23(6-4-22)16(2)26/h13-14H,3-12H2,1-2H3,(H,20,21,25). The predicted molar refractivity (Wildman–Crippen MR) is 106 cm³/mol. The minimum Gasteiger partial charge on any atom is -0.476 e. The molecule has 154 valence electrons. The van der Waals surface area contributed by atoms with Gasteiger partial charge in [-0.2, -0.15) is 4.98 Å². The lowest BCUT2D eigenvalue weighted by molar-refractivity contribution is -0.130. The first-order valence-corrected chi connectivity index (χ1v) is 9.74. The lowest BCUT2D eigenvalue weighted by atomic mass is 10.3. The lowest BCUT2D eigenvalue weighted by Crippen LogP contribution is -2.48. The van der Waals surface area contributed by atoms with Crippen LogP contribution < -0.4 is 15.0 Å². The van der Waals surface area contributed by atoms with Crippen molar-refractivity contribution in [2.75, 3.05) is 75.9 Å². The molecule has 2 aliphatic heterocycles. The minimum absolute atomic E-state index is 0.130. The van der Waals surface area contributed by atoms with Crippen LogP contribution in [0.25, 0.3) is 0 Å². The van der Waals surface area contributed by atoms with Gasteiger partial charge in [-0.1, -0.05) is 0 Å². The molecule has 1 aromatic heterocycles. The van der Waals surface area contributed by atoms with Gasteiger partial charge in [0.2, 0.25) is 17.7 Å². The molecule has 3 rings (SSSR count). The quantitative estimate of drug-likeness (QED) is 0.752. The van der Waals surface area contributed by atoms with E-state index in [0.29, 0.717) is 31.5 Å². The maximum atomic E-state index is 11.4. The van der Waals surface area contributed by atoms with Gasteiger partial charge in [0.25, 0.3) is 0 Å². The number of anilines is 2. The normalized spacial score (nSPS) is 18.1. The Kier molecular flexibility index (Phi) is 7.05. The summed E-state index contributed by atoms with van der Waals surface area (Å²) < 4.78 is 11.3. The molecule has 9 nitrogen and oxygen atoms in total. The smallest absolute Gasteiger partial charge is 0.222 e. The number of carbonyl (C=O) groups excluding carboxylic acids is 2. The van der Waals surface area contributed by atoms with E-state index in [0.717, 1.165) is 51.5 Å². The van der Waals surface area contributed by atoms with Gasteiger partial charge in [-0.05, 0) is 0 Å². The van der Waals surface area contributed by atoms with E-state index in [2.05, 4.69) is 20.1 Å². The third-order valence-corrected chi connectivity index (χ3v) is 4.94. The minimum atomic E-state index is -0.166. The molecule has 0 saturated carbocycles. The number of nitrogens with one attached hydrogen (secondary N) is 1. The van der Waals surface area contributed by atoms with Crippen LogP contribution in [0.5, 0.6) is 5.88 Å². The molecule has 0 aromatic carbocycles. The predicted octanol–water partition coefficient (Wildman–Crippen LogP) is 0.420. The molecule has 2 fully saturated rings. The first kappa shape index (κ1) is 20.3. The zero-order valence-electron chi connectivity index (χ0n) is 16.6. The van der Waals surface area contributed by atoms with Gasteiger partial charge in [0, 0.05) is 77.5 Å². The molecule has 0 atom stereocenters. The van der Waals surface area contributed by atoms with Crippen LogP contribution in [0.3, 0.4) is 0 Å². The number of amides is 2. The van der Waals surface area contributed by atoms with Crippen molar-refractivity contribution in [3.05, 3.63) is 12.1 Å². The third-order valence-electron chi connectivity index (χ3n) is 4.94. The number of rotatable bonds is 6. The Balaban J connectivity index is 1.57. The monoisotopic (exact) mass is 391 g/mol. The lowest BCUT2D eigenvalue weighted by Gasteiger charge is -2.34. The van der Waals surface area contributed by atoms with Crippen LogP contribution in [0, 0.1) is 0 Å². The van der Waals surface area contributed by atoms with E-state index >= 15 is 0 Å². The molecule has 2 saturated heterocycles. The van der Waals surface area contributed by atoms with Gasteiger partial charge in [-0.3, -0.25) is 14.5 Å². The van der Waals surface area contributed by atoms with Crippen LogP contribution in [0.15, 0.2) is 12.1 Å². The largest absolute Gasteiger partial charge is 0.476 e. The van der Waals surface area contributed by atoms with E-state index in [9.17, 15) is 9.59 Å². The molecular formula is C19H29N5O4. The van der Waals surface area contributed by atoms with Crippen molar-refractivity contribution in [3.63, 3.8) is 0 Å². The summed E-state index contributed by atoms with van der Waals surface area (Å²) in [6.45, 7) is 10.5. The Morgan fingerprint density at radius 1 is 1.11 bits per heavy atom. The Morgan fingerprint density at radius 2 is 1.82 bits per heavy atom. The molecule has 2 amide bonds. The zero-order valence-corrected chi connectivity index (χ0v) is 16.6. The number of nitrogens with zero attached hydrogens (tertiary/aromatic N) is 4. The Hall–Kier alpha value is -2.39. The summed E-state index contributed by atoms with van der Waals surface area (Å²) in [4.78, 5) is 33.6. The summed E-state index contributed by atoms with van der Waals surface area (Å²) >= 11 is 0. The Bertz CT molecular complexity index is 685. The summed E-state index contributed by atoms with van der Waals surface area (Å²) in [7, 11) is 0. The highest BCUT2D eigenvalue weighted by molar-refractivity contribution is 5.88. The van der Waals surface area contributed by atoms with Gasteiger partial charge < -0.3 is 24.6 Å². The molecule has 0 radical (unpaired) electrons. The fourth-order valence-corrected chi connectivity index (χ4v) is 3.38. The average molecular weight is 391 g/mol. The second-order valence-corrected chi connectivity index (χ2v) is 7.03. The van der Waals surface area contributed by atoms with Crippen LogP contribution in [0.2, 0.25) is 0 Å². The highest BCUT2D eigenvalue weighted by Crippen LogP contribution is 2.24. The maximum Gasteiger partial charge on any atom is 0.222 e. The molecule has 1 N–H and O–H groups in total. The van der Waals surface area contributed by atoms with Crippen LogP contribution in [-0.2, 0) is 14.3 Å². The van der Waals surface area contributed by atoms with Gasteiger partial charge in [0.1, 0.15) is 12.4 Å². The molecule has 0 unspecified atom stereocenters. The molecule has 1 aromatic rings. The van der Waals surface area contributed by atoms with E-state index < -0.39 is 0 Å². The topological polar surface area (TPSA) is 87.2 Å². The van der Waals surface area contributed by atoms with E-state index in [-0.39, 0.29) is 11.8 Å². The summed E-state index contributed by atoms with van der Waals surface area (Å²) in [5.74, 6) is 0.947. The number of ether oxygens (including phenoxy) is 2. The van der Waals surface area contributed by atoms with Gasteiger partial charge in [0.05, 0.1) is 13.2 Å². The van der Waals surface area contributed by atoms with Crippen molar-refractivity contribution < 1.29 is 19.1 Å². The zero-order chi connectivity index (χ0) is 19.9. The number of piperazine rings is 1. The third kappa shape index (κ3) is 5.80. The summed E-state index contributed by atoms with van der Waals surface area (Å²) in [6, 6.07) is 3.77. The number of hydrogen-bond donors (Lipinski definition) is 1. The van der Waals surface area contributed by atoms with Crippen molar-refractivity contribution >= 4 is 23.3 Å². The molecule has 28 heavy (non-hydrogen) atoms. The fraction of sp³-hybridized carbons (Fsp3) is 0.632. The first-order chi connectivity index (χ1) is 13.5. The molecule has 3 heterocycles. The Labute approximate surface area is 165 Å². The van der Waals surface area contributed by atoms with E-state index in [1.807, 2.05) is 17.0 Å². The number of carbonyl (C=O) groups is 2. The Morgan fingerprint density at radius 3 is 2.46 bits per heavy atom. The second-order valence-electron chi connectivity index (χ2n) is 7.03. The summed E-state index contributed by atoms with van der Waals surface area (Å²) in [6.07, 6.45) is 0. The van der Waals surface area contributed by atoms with E-state index in [1.165, 1.54) is 6.92 Å². The molecule has 0 bridgehead atoms. The number of pyridine rings is 1. The van der Waals surface area contributed by atoms with Crippen LogP contribution in [0.1, 0.15) is 13.8 Å². The van der Waals surface area contributed by atoms with Crippen LogP contribution >= 0.6 is 0 Å². The van der Waals surface area contributed by atoms with Crippen molar-refractivity contribution in [1.82, 2.24) is 14.8 Å². The molecule has 2 aliphatic rings. The van der Waals surface area contributed by atoms with E-state index in [4.69, 9.17) is 9.47 Å².